The normalized spacial score (nSPS) is 14.2. The van der Waals surface area contributed by atoms with Gasteiger partial charge in [0.05, 0.1) is 28.7 Å². The summed E-state index contributed by atoms with van der Waals surface area (Å²) in [5.41, 5.74) is 8.96. The molecule has 4 heterocycles. The lowest BCUT2D eigenvalue weighted by molar-refractivity contribution is 0.489. The van der Waals surface area contributed by atoms with Gasteiger partial charge in [-0.3, -0.25) is 10.1 Å². The number of rotatable bonds is 7. The summed E-state index contributed by atoms with van der Waals surface area (Å²) in [5, 5.41) is 12.5. The number of nitrogens with one attached hydrogen (secondary N) is 3. The van der Waals surface area contributed by atoms with Crippen LogP contribution < -0.4 is 5.32 Å². The SMILES string of the molecule is Cc1cn(-c2cccc3[nH]c(-c4n[nH]c5ccc(-c6cncc(CNCC7CCCC7)c6)cc45)nc23)cn1. The van der Waals surface area contributed by atoms with Crippen molar-refractivity contribution in [2.45, 2.75) is 39.2 Å². The third kappa shape index (κ3) is 4.26. The van der Waals surface area contributed by atoms with E-state index in [1.807, 2.05) is 48.5 Å². The molecule has 0 amide bonds. The molecule has 1 aliphatic carbocycles. The second-order valence-corrected chi connectivity index (χ2v) is 10.4. The van der Waals surface area contributed by atoms with Crippen LogP contribution in [0.15, 0.2) is 67.4 Å². The number of aromatic nitrogens is 7. The average molecular weight is 503 g/mol. The molecule has 0 aliphatic heterocycles. The molecule has 0 atom stereocenters. The monoisotopic (exact) mass is 502 g/mol. The van der Waals surface area contributed by atoms with E-state index in [1.54, 1.807) is 0 Å². The van der Waals surface area contributed by atoms with Gasteiger partial charge in [-0.2, -0.15) is 5.10 Å². The summed E-state index contributed by atoms with van der Waals surface area (Å²) in [6, 6.07) is 14.7. The summed E-state index contributed by atoms with van der Waals surface area (Å²) in [7, 11) is 0. The first-order chi connectivity index (χ1) is 18.7. The fourth-order valence-corrected chi connectivity index (χ4v) is 5.64. The van der Waals surface area contributed by atoms with E-state index in [0.29, 0.717) is 0 Å². The zero-order valence-electron chi connectivity index (χ0n) is 21.4. The first-order valence-electron chi connectivity index (χ1n) is 13.3. The lowest BCUT2D eigenvalue weighted by Gasteiger charge is -2.11. The Kier molecular flexibility index (Phi) is 5.74. The van der Waals surface area contributed by atoms with Crippen LogP contribution in [0.3, 0.4) is 0 Å². The highest BCUT2D eigenvalue weighted by molar-refractivity contribution is 5.96. The topological polar surface area (TPSA) is 100 Å². The summed E-state index contributed by atoms with van der Waals surface area (Å²) < 4.78 is 2.01. The van der Waals surface area contributed by atoms with Gasteiger partial charge >= 0.3 is 0 Å². The maximum Gasteiger partial charge on any atom is 0.159 e. The summed E-state index contributed by atoms with van der Waals surface area (Å²) in [5.74, 6) is 1.56. The van der Waals surface area contributed by atoms with E-state index in [1.165, 1.54) is 31.2 Å². The van der Waals surface area contributed by atoms with Crippen LogP contribution in [0.5, 0.6) is 0 Å². The predicted octanol–water partition coefficient (Wildman–Crippen LogP) is 5.94. The van der Waals surface area contributed by atoms with Crippen molar-refractivity contribution in [1.82, 2.24) is 40.0 Å². The number of pyridine rings is 1. The lowest BCUT2D eigenvalue weighted by Crippen LogP contribution is -2.20. The number of para-hydroxylation sites is 1. The van der Waals surface area contributed by atoms with E-state index in [4.69, 9.17) is 4.98 Å². The van der Waals surface area contributed by atoms with Gasteiger partial charge in [0.15, 0.2) is 5.82 Å². The molecule has 1 saturated carbocycles. The summed E-state index contributed by atoms with van der Waals surface area (Å²) in [6.45, 7) is 3.92. The third-order valence-corrected chi connectivity index (χ3v) is 7.63. The number of aryl methyl sites for hydroxylation is 1. The Balaban J connectivity index is 1.20. The highest BCUT2D eigenvalue weighted by Crippen LogP contribution is 2.32. The smallest absolute Gasteiger partial charge is 0.159 e. The molecule has 8 nitrogen and oxygen atoms in total. The Morgan fingerprint density at radius 1 is 1.03 bits per heavy atom. The number of aromatic amines is 2. The Labute approximate surface area is 220 Å². The van der Waals surface area contributed by atoms with E-state index in [0.717, 1.165) is 75.0 Å². The number of nitrogens with zero attached hydrogens (tertiary/aromatic N) is 5. The molecule has 4 aromatic heterocycles. The quantitative estimate of drug-likeness (QED) is 0.251. The fourth-order valence-electron chi connectivity index (χ4n) is 5.64. The lowest BCUT2D eigenvalue weighted by atomic mass is 10.0. The van der Waals surface area contributed by atoms with E-state index < -0.39 is 0 Å². The second-order valence-electron chi connectivity index (χ2n) is 10.4. The highest BCUT2D eigenvalue weighted by atomic mass is 15.1. The number of imidazole rings is 2. The van der Waals surface area contributed by atoms with Crippen molar-refractivity contribution >= 4 is 21.9 Å². The second kappa shape index (κ2) is 9.54. The molecule has 3 N–H and O–H groups in total. The van der Waals surface area contributed by atoms with Crippen molar-refractivity contribution < 1.29 is 0 Å². The van der Waals surface area contributed by atoms with Gasteiger partial charge in [-0.05, 0) is 73.7 Å². The van der Waals surface area contributed by atoms with Gasteiger partial charge in [-0.25, -0.2) is 9.97 Å². The number of fused-ring (bicyclic) bond motifs is 2. The number of H-pyrrole nitrogens is 2. The Bertz CT molecular complexity index is 1730. The molecule has 0 unspecified atom stereocenters. The van der Waals surface area contributed by atoms with E-state index >= 15 is 0 Å². The summed E-state index contributed by atoms with van der Waals surface area (Å²) in [4.78, 5) is 17.4. The number of benzene rings is 2. The molecule has 38 heavy (non-hydrogen) atoms. The van der Waals surface area contributed by atoms with Crippen LogP contribution in [0.2, 0.25) is 0 Å². The van der Waals surface area contributed by atoms with Crippen LogP contribution >= 0.6 is 0 Å². The first-order valence-corrected chi connectivity index (χ1v) is 13.3. The van der Waals surface area contributed by atoms with Crippen molar-refractivity contribution in [3.05, 3.63) is 78.6 Å². The molecule has 8 heteroatoms. The molecule has 0 bridgehead atoms. The molecule has 0 radical (unpaired) electrons. The summed E-state index contributed by atoms with van der Waals surface area (Å²) >= 11 is 0. The Morgan fingerprint density at radius 2 is 1.95 bits per heavy atom. The van der Waals surface area contributed by atoms with Crippen LogP contribution in [0.25, 0.3) is 50.3 Å². The van der Waals surface area contributed by atoms with Crippen LogP contribution in [-0.4, -0.2) is 41.2 Å². The molecule has 2 aromatic carbocycles. The molecule has 0 spiro atoms. The zero-order chi connectivity index (χ0) is 25.5. The molecule has 1 fully saturated rings. The van der Waals surface area contributed by atoms with Gasteiger partial charge in [-0.15, -0.1) is 0 Å². The van der Waals surface area contributed by atoms with E-state index in [9.17, 15) is 0 Å². The Hall–Kier alpha value is -4.30. The van der Waals surface area contributed by atoms with Crippen LogP contribution in [0.4, 0.5) is 0 Å². The van der Waals surface area contributed by atoms with E-state index in [-0.39, 0.29) is 0 Å². The number of hydrogen-bond acceptors (Lipinski definition) is 5. The minimum atomic E-state index is 0.732. The molecule has 7 rings (SSSR count). The third-order valence-electron chi connectivity index (χ3n) is 7.63. The maximum absolute atomic E-state index is 4.97. The van der Waals surface area contributed by atoms with Crippen molar-refractivity contribution in [2.75, 3.05) is 6.54 Å². The molecular formula is C30H30N8. The standard InChI is InChI=1S/C30H30N8/c1-19-17-38(18-33-19)27-8-4-7-26-29(27)35-30(34-26)28-24-12-22(9-10-25(24)36-37-28)23-11-21(15-32-16-23)14-31-13-20-5-2-3-6-20/h4,7-12,15-18,20,31H,2-3,5-6,13-14H2,1H3,(H,34,35)(H,36,37). The highest BCUT2D eigenvalue weighted by Gasteiger charge is 2.17. The van der Waals surface area contributed by atoms with Crippen LogP contribution in [-0.2, 0) is 6.54 Å². The van der Waals surface area contributed by atoms with Crippen molar-refractivity contribution in [2.24, 2.45) is 5.92 Å². The molecule has 0 saturated heterocycles. The van der Waals surface area contributed by atoms with Gasteiger partial charge < -0.3 is 14.9 Å². The maximum atomic E-state index is 4.97. The minimum absolute atomic E-state index is 0.732. The van der Waals surface area contributed by atoms with E-state index in [2.05, 4.69) is 60.8 Å². The largest absolute Gasteiger partial charge is 0.336 e. The molecule has 6 aromatic rings. The molecule has 190 valence electrons. The first kappa shape index (κ1) is 22.9. The average Bonchev–Trinajstić information content (AvgIpc) is 3.74. The van der Waals surface area contributed by atoms with Crippen LogP contribution in [0.1, 0.15) is 36.9 Å². The predicted molar refractivity (Wildman–Crippen MR) is 150 cm³/mol. The number of hydrogen-bond donors (Lipinski definition) is 3. The summed E-state index contributed by atoms with van der Waals surface area (Å²) in [6.07, 6.45) is 13.2. The van der Waals surface area contributed by atoms with Gasteiger partial charge in [0, 0.05) is 36.1 Å². The van der Waals surface area contributed by atoms with Crippen molar-refractivity contribution in [3.8, 4) is 28.3 Å². The van der Waals surface area contributed by atoms with Gasteiger partial charge in [0.25, 0.3) is 0 Å². The zero-order valence-corrected chi connectivity index (χ0v) is 21.4. The Morgan fingerprint density at radius 3 is 2.82 bits per heavy atom. The minimum Gasteiger partial charge on any atom is -0.336 e. The van der Waals surface area contributed by atoms with Gasteiger partial charge in [0.2, 0.25) is 0 Å². The fraction of sp³-hybridized carbons (Fsp3) is 0.267. The molecular weight excluding hydrogens is 472 g/mol. The van der Waals surface area contributed by atoms with Crippen molar-refractivity contribution in [1.29, 1.82) is 0 Å². The molecule has 1 aliphatic rings. The van der Waals surface area contributed by atoms with Gasteiger partial charge in [0.1, 0.15) is 11.2 Å². The van der Waals surface area contributed by atoms with Gasteiger partial charge in [-0.1, -0.05) is 25.0 Å². The van der Waals surface area contributed by atoms with Crippen LogP contribution in [0, 0.1) is 12.8 Å². The van der Waals surface area contributed by atoms with Crippen molar-refractivity contribution in [3.63, 3.8) is 0 Å².